The molecule has 0 radical (unpaired) electrons. The molecule has 0 atom stereocenters. The standard InChI is InChI=1S/C15H23N3O2/c1-3-17-8-10-18(11-9-17)12-15(19)16-13-4-6-14(20-2)7-5-13/h4-7H,3,8-12H2,1-2H3,(H,16,19)/p+2. The molecule has 0 spiro atoms. The molecular formula is C15H25N3O2+2. The van der Waals surface area contributed by atoms with E-state index >= 15 is 0 Å². The number of carbonyl (C=O) groups excluding carboxylic acids is 1. The molecule has 5 heteroatoms. The van der Waals surface area contributed by atoms with Crippen molar-refractivity contribution >= 4 is 11.6 Å². The number of ether oxygens (including phenoxy) is 1. The van der Waals surface area contributed by atoms with Crippen molar-refractivity contribution in [1.29, 1.82) is 0 Å². The third-order valence-electron chi connectivity index (χ3n) is 3.95. The number of anilines is 1. The van der Waals surface area contributed by atoms with Crippen LogP contribution in [0.3, 0.4) is 0 Å². The molecule has 1 saturated heterocycles. The first kappa shape index (κ1) is 14.8. The van der Waals surface area contributed by atoms with Crippen molar-refractivity contribution < 1.29 is 19.3 Å². The minimum atomic E-state index is 0.0881. The zero-order valence-electron chi connectivity index (χ0n) is 12.4. The van der Waals surface area contributed by atoms with Crippen LogP contribution in [0.2, 0.25) is 0 Å². The fourth-order valence-corrected chi connectivity index (χ4v) is 2.59. The average Bonchev–Trinajstić information content (AvgIpc) is 2.49. The SMILES string of the molecule is CC[NH+]1CC[NH+](CC(=O)Nc2ccc(OC)cc2)CC1. The van der Waals surface area contributed by atoms with Gasteiger partial charge in [0.15, 0.2) is 6.54 Å². The average molecular weight is 279 g/mol. The smallest absolute Gasteiger partial charge is 0.279 e. The minimum Gasteiger partial charge on any atom is -0.497 e. The van der Waals surface area contributed by atoms with Crippen LogP contribution in [0.25, 0.3) is 0 Å². The van der Waals surface area contributed by atoms with Crippen LogP contribution in [-0.4, -0.2) is 52.3 Å². The molecule has 0 aromatic heterocycles. The first-order valence-corrected chi connectivity index (χ1v) is 7.32. The van der Waals surface area contributed by atoms with Gasteiger partial charge in [0, 0.05) is 5.69 Å². The quantitative estimate of drug-likeness (QED) is 0.610. The minimum absolute atomic E-state index is 0.0881. The number of carbonyl (C=O) groups is 1. The number of rotatable bonds is 5. The van der Waals surface area contributed by atoms with Crippen molar-refractivity contribution in [3.8, 4) is 5.75 Å². The molecule has 1 aromatic rings. The number of amides is 1. The Balaban J connectivity index is 1.77. The van der Waals surface area contributed by atoms with Crippen LogP contribution in [0.5, 0.6) is 5.75 Å². The van der Waals surface area contributed by atoms with Crippen molar-refractivity contribution in [2.24, 2.45) is 0 Å². The number of nitrogens with one attached hydrogen (secondary N) is 3. The topological polar surface area (TPSA) is 47.2 Å². The van der Waals surface area contributed by atoms with Gasteiger partial charge in [-0.3, -0.25) is 4.79 Å². The maximum Gasteiger partial charge on any atom is 0.279 e. The number of hydrogen-bond acceptors (Lipinski definition) is 2. The molecule has 1 aliphatic rings. The second-order valence-electron chi connectivity index (χ2n) is 5.31. The summed E-state index contributed by atoms with van der Waals surface area (Å²) in [6.45, 7) is 8.47. The van der Waals surface area contributed by atoms with E-state index in [0.29, 0.717) is 6.54 Å². The number of benzene rings is 1. The summed E-state index contributed by atoms with van der Waals surface area (Å²) in [6.07, 6.45) is 0. The lowest BCUT2D eigenvalue weighted by atomic mass is 10.3. The van der Waals surface area contributed by atoms with E-state index in [1.807, 2.05) is 24.3 Å². The van der Waals surface area contributed by atoms with Gasteiger partial charge in [-0.15, -0.1) is 0 Å². The lowest BCUT2D eigenvalue weighted by Crippen LogP contribution is -3.28. The van der Waals surface area contributed by atoms with E-state index in [1.165, 1.54) is 24.5 Å². The number of methoxy groups -OCH3 is 1. The molecule has 0 bridgehead atoms. The van der Waals surface area contributed by atoms with E-state index in [-0.39, 0.29) is 5.91 Å². The van der Waals surface area contributed by atoms with Crippen molar-refractivity contribution in [3.05, 3.63) is 24.3 Å². The van der Waals surface area contributed by atoms with Gasteiger partial charge in [0.1, 0.15) is 31.9 Å². The van der Waals surface area contributed by atoms with Gasteiger partial charge in [0.25, 0.3) is 5.91 Å². The van der Waals surface area contributed by atoms with Crippen LogP contribution in [0.15, 0.2) is 24.3 Å². The number of hydrogen-bond donors (Lipinski definition) is 3. The zero-order chi connectivity index (χ0) is 14.4. The zero-order valence-corrected chi connectivity index (χ0v) is 12.4. The lowest BCUT2D eigenvalue weighted by molar-refractivity contribution is -1.01. The van der Waals surface area contributed by atoms with Gasteiger partial charge in [-0.05, 0) is 31.2 Å². The van der Waals surface area contributed by atoms with Crippen LogP contribution in [0, 0.1) is 0 Å². The van der Waals surface area contributed by atoms with Gasteiger partial charge >= 0.3 is 0 Å². The highest BCUT2D eigenvalue weighted by Gasteiger charge is 2.23. The Kier molecular flexibility index (Phi) is 5.38. The van der Waals surface area contributed by atoms with Gasteiger partial charge in [0.05, 0.1) is 13.7 Å². The van der Waals surface area contributed by atoms with Crippen LogP contribution in [-0.2, 0) is 4.79 Å². The fourth-order valence-electron chi connectivity index (χ4n) is 2.59. The summed E-state index contributed by atoms with van der Waals surface area (Å²) in [5.74, 6) is 0.886. The maximum absolute atomic E-state index is 12.0. The summed E-state index contributed by atoms with van der Waals surface area (Å²) in [7, 11) is 1.63. The summed E-state index contributed by atoms with van der Waals surface area (Å²) < 4.78 is 5.10. The Morgan fingerprint density at radius 3 is 2.30 bits per heavy atom. The van der Waals surface area contributed by atoms with E-state index in [9.17, 15) is 4.79 Å². The van der Waals surface area contributed by atoms with Gasteiger partial charge in [-0.2, -0.15) is 0 Å². The van der Waals surface area contributed by atoms with Crippen molar-refractivity contribution in [3.63, 3.8) is 0 Å². The Bertz CT molecular complexity index is 425. The molecule has 20 heavy (non-hydrogen) atoms. The third-order valence-corrected chi connectivity index (χ3v) is 3.95. The Morgan fingerprint density at radius 1 is 1.15 bits per heavy atom. The molecule has 1 amide bonds. The highest BCUT2D eigenvalue weighted by Crippen LogP contribution is 2.14. The molecule has 3 N–H and O–H groups in total. The molecule has 1 fully saturated rings. The Labute approximate surface area is 120 Å². The molecule has 1 aliphatic heterocycles. The van der Waals surface area contributed by atoms with E-state index in [0.717, 1.165) is 24.5 Å². The second kappa shape index (κ2) is 7.26. The summed E-state index contributed by atoms with van der Waals surface area (Å²) in [4.78, 5) is 15.0. The third kappa shape index (κ3) is 4.21. The monoisotopic (exact) mass is 279 g/mol. The van der Waals surface area contributed by atoms with Crippen LogP contribution in [0.4, 0.5) is 5.69 Å². The second-order valence-corrected chi connectivity index (χ2v) is 5.31. The van der Waals surface area contributed by atoms with E-state index in [2.05, 4.69) is 12.2 Å². The molecule has 1 heterocycles. The van der Waals surface area contributed by atoms with Crippen molar-refractivity contribution in [2.75, 3.05) is 51.7 Å². The molecular weight excluding hydrogens is 254 g/mol. The first-order chi connectivity index (χ1) is 9.71. The fraction of sp³-hybridized carbons (Fsp3) is 0.533. The van der Waals surface area contributed by atoms with Crippen LogP contribution >= 0.6 is 0 Å². The molecule has 0 unspecified atom stereocenters. The molecule has 0 aliphatic carbocycles. The summed E-state index contributed by atoms with van der Waals surface area (Å²) in [5, 5.41) is 2.94. The van der Waals surface area contributed by atoms with E-state index in [1.54, 1.807) is 12.0 Å². The predicted molar refractivity (Wildman–Crippen MR) is 78.4 cm³/mol. The highest BCUT2D eigenvalue weighted by atomic mass is 16.5. The molecule has 0 saturated carbocycles. The van der Waals surface area contributed by atoms with Crippen molar-refractivity contribution in [1.82, 2.24) is 0 Å². The van der Waals surface area contributed by atoms with Crippen molar-refractivity contribution in [2.45, 2.75) is 6.92 Å². The number of quaternary nitrogens is 2. The van der Waals surface area contributed by atoms with Crippen LogP contribution in [0.1, 0.15) is 6.92 Å². The molecule has 5 nitrogen and oxygen atoms in total. The normalized spacial score (nSPS) is 22.3. The maximum atomic E-state index is 12.0. The number of piperazine rings is 1. The lowest BCUT2D eigenvalue weighted by Gasteiger charge is -2.28. The van der Waals surface area contributed by atoms with Gasteiger partial charge in [-0.1, -0.05) is 0 Å². The molecule has 110 valence electrons. The number of likely N-dealkylation sites (N-methyl/N-ethyl adjacent to an activating group) is 1. The first-order valence-electron chi connectivity index (χ1n) is 7.32. The Morgan fingerprint density at radius 2 is 1.75 bits per heavy atom. The summed E-state index contributed by atoms with van der Waals surface area (Å²) in [5.41, 5.74) is 0.827. The predicted octanol–water partition coefficient (Wildman–Crippen LogP) is -1.56. The largest absolute Gasteiger partial charge is 0.497 e. The molecule has 1 aromatic carbocycles. The van der Waals surface area contributed by atoms with Gasteiger partial charge < -0.3 is 19.9 Å². The van der Waals surface area contributed by atoms with Crippen LogP contribution < -0.4 is 19.9 Å². The highest BCUT2D eigenvalue weighted by molar-refractivity contribution is 5.91. The van der Waals surface area contributed by atoms with E-state index < -0.39 is 0 Å². The van der Waals surface area contributed by atoms with Gasteiger partial charge in [-0.25, -0.2) is 0 Å². The van der Waals surface area contributed by atoms with E-state index in [4.69, 9.17) is 4.74 Å². The summed E-state index contributed by atoms with van der Waals surface area (Å²) >= 11 is 0. The van der Waals surface area contributed by atoms with Gasteiger partial charge in [0.2, 0.25) is 0 Å². The molecule has 2 rings (SSSR count). The Hall–Kier alpha value is -1.59. The summed E-state index contributed by atoms with van der Waals surface area (Å²) in [6, 6.07) is 7.44.